The van der Waals surface area contributed by atoms with Gasteiger partial charge in [-0.15, -0.1) is 0 Å². The van der Waals surface area contributed by atoms with Crippen LogP contribution in [0.5, 0.6) is 0 Å². The van der Waals surface area contributed by atoms with Crippen molar-refractivity contribution in [1.82, 2.24) is 5.32 Å². The first kappa shape index (κ1) is 15.0. The number of amides is 1. The topological polar surface area (TPSA) is 67.4 Å². The number of ether oxygens (including phenoxy) is 1. The summed E-state index contributed by atoms with van der Waals surface area (Å²) in [6, 6.07) is 7.34. The van der Waals surface area contributed by atoms with Crippen LogP contribution in [0, 0.1) is 0 Å². The molecule has 0 aliphatic rings. The van der Waals surface area contributed by atoms with Gasteiger partial charge in [0.1, 0.15) is 0 Å². The maximum Gasteiger partial charge on any atom is 0.305 e. The molecular formula is C14H20N2O3. The predicted octanol–water partition coefficient (Wildman–Crippen LogP) is 1.80. The zero-order chi connectivity index (χ0) is 14.1. The van der Waals surface area contributed by atoms with Crippen LogP contribution in [-0.4, -0.2) is 32.1 Å². The Morgan fingerprint density at radius 1 is 1.26 bits per heavy atom. The monoisotopic (exact) mass is 264 g/mol. The van der Waals surface area contributed by atoms with Gasteiger partial charge in [0.15, 0.2) is 0 Å². The van der Waals surface area contributed by atoms with Crippen LogP contribution < -0.4 is 10.6 Å². The highest BCUT2D eigenvalue weighted by Crippen LogP contribution is 2.14. The minimum atomic E-state index is -0.262. The Morgan fingerprint density at radius 3 is 2.68 bits per heavy atom. The molecule has 0 saturated heterocycles. The first-order chi connectivity index (χ1) is 9.19. The molecule has 5 heteroatoms. The molecule has 0 bridgehead atoms. The molecule has 0 radical (unpaired) electrons. The van der Waals surface area contributed by atoms with Gasteiger partial charge >= 0.3 is 5.97 Å². The van der Waals surface area contributed by atoms with Crippen LogP contribution in [0.2, 0.25) is 0 Å². The second-order valence-electron chi connectivity index (χ2n) is 4.01. The van der Waals surface area contributed by atoms with Gasteiger partial charge in [0.2, 0.25) is 0 Å². The molecule has 0 heterocycles. The second-order valence-corrected chi connectivity index (χ2v) is 4.01. The van der Waals surface area contributed by atoms with E-state index in [9.17, 15) is 9.59 Å². The molecule has 1 rings (SSSR count). The molecule has 0 unspecified atom stereocenters. The van der Waals surface area contributed by atoms with Crippen molar-refractivity contribution in [2.24, 2.45) is 0 Å². The van der Waals surface area contributed by atoms with E-state index in [-0.39, 0.29) is 11.9 Å². The van der Waals surface area contributed by atoms with E-state index in [1.54, 1.807) is 6.07 Å². The average Bonchev–Trinajstić information content (AvgIpc) is 2.44. The molecule has 0 fully saturated rings. The number of carbonyl (C=O) groups excluding carboxylic acids is 2. The van der Waals surface area contributed by atoms with Crippen molar-refractivity contribution in [3.63, 3.8) is 0 Å². The average molecular weight is 264 g/mol. The number of hydrogen-bond acceptors (Lipinski definition) is 4. The van der Waals surface area contributed by atoms with E-state index in [4.69, 9.17) is 0 Å². The van der Waals surface area contributed by atoms with E-state index in [2.05, 4.69) is 15.4 Å². The van der Waals surface area contributed by atoms with Crippen LogP contribution in [0.25, 0.3) is 0 Å². The number of benzene rings is 1. The van der Waals surface area contributed by atoms with Gasteiger partial charge in [-0.25, -0.2) is 0 Å². The van der Waals surface area contributed by atoms with Gasteiger partial charge in [0.05, 0.1) is 12.7 Å². The van der Waals surface area contributed by atoms with Crippen molar-refractivity contribution < 1.29 is 14.3 Å². The molecule has 1 aromatic carbocycles. The van der Waals surface area contributed by atoms with Crippen molar-refractivity contribution in [1.29, 1.82) is 0 Å². The molecule has 5 nitrogen and oxygen atoms in total. The van der Waals surface area contributed by atoms with E-state index < -0.39 is 0 Å². The molecule has 1 aromatic rings. The van der Waals surface area contributed by atoms with E-state index in [1.807, 2.05) is 25.1 Å². The molecular weight excluding hydrogens is 244 g/mol. The lowest BCUT2D eigenvalue weighted by Crippen LogP contribution is -2.26. The SMILES string of the molecule is CCNc1ccccc1C(=O)NCCCC(=O)OC. The van der Waals surface area contributed by atoms with Crippen LogP contribution in [0.3, 0.4) is 0 Å². The molecule has 0 atom stereocenters. The van der Waals surface area contributed by atoms with Gasteiger partial charge in [-0.3, -0.25) is 9.59 Å². The third-order valence-electron chi connectivity index (χ3n) is 2.61. The maximum atomic E-state index is 12.0. The fraction of sp³-hybridized carbons (Fsp3) is 0.429. The largest absolute Gasteiger partial charge is 0.469 e. The van der Waals surface area contributed by atoms with Crippen LogP contribution >= 0.6 is 0 Å². The molecule has 0 spiro atoms. The lowest BCUT2D eigenvalue weighted by atomic mass is 10.1. The minimum Gasteiger partial charge on any atom is -0.469 e. The van der Waals surface area contributed by atoms with Crippen molar-refractivity contribution in [3.8, 4) is 0 Å². The lowest BCUT2D eigenvalue weighted by Gasteiger charge is -2.10. The highest BCUT2D eigenvalue weighted by atomic mass is 16.5. The molecule has 19 heavy (non-hydrogen) atoms. The molecule has 0 aliphatic carbocycles. The Balaban J connectivity index is 2.47. The quantitative estimate of drug-likeness (QED) is 0.582. The van der Waals surface area contributed by atoms with Crippen LogP contribution in [0.4, 0.5) is 5.69 Å². The summed E-state index contributed by atoms with van der Waals surface area (Å²) in [5.41, 5.74) is 1.43. The van der Waals surface area contributed by atoms with Crippen LogP contribution in [-0.2, 0) is 9.53 Å². The highest BCUT2D eigenvalue weighted by molar-refractivity contribution is 5.99. The summed E-state index contributed by atoms with van der Waals surface area (Å²) >= 11 is 0. The van der Waals surface area contributed by atoms with Gasteiger partial charge in [0.25, 0.3) is 5.91 Å². The van der Waals surface area contributed by atoms with Crippen molar-refractivity contribution in [3.05, 3.63) is 29.8 Å². The Hall–Kier alpha value is -2.04. The van der Waals surface area contributed by atoms with Gasteiger partial charge in [0, 0.05) is 25.2 Å². The summed E-state index contributed by atoms with van der Waals surface area (Å²) in [6.45, 7) is 3.19. The Kier molecular flexibility index (Phi) is 6.43. The smallest absolute Gasteiger partial charge is 0.305 e. The summed E-state index contributed by atoms with van der Waals surface area (Å²) in [4.78, 5) is 22.9. The molecule has 1 amide bonds. The number of rotatable bonds is 7. The summed E-state index contributed by atoms with van der Waals surface area (Å²) in [6.07, 6.45) is 0.882. The van der Waals surface area contributed by atoms with Crippen molar-refractivity contribution in [2.75, 3.05) is 25.5 Å². The Labute approximate surface area is 113 Å². The number of para-hydroxylation sites is 1. The highest BCUT2D eigenvalue weighted by Gasteiger charge is 2.09. The van der Waals surface area contributed by atoms with E-state index in [1.165, 1.54) is 7.11 Å². The standard InChI is InChI=1S/C14H20N2O3/c1-3-15-12-8-5-4-7-11(12)14(18)16-10-6-9-13(17)19-2/h4-5,7-8,15H,3,6,9-10H2,1-2H3,(H,16,18). The van der Waals surface area contributed by atoms with Gasteiger partial charge in [-0.05, 0) is 25.5 Å². The summed E-state index contributed by atoms with van der Waals surface area (Å²) in [5.74, 6) is -0.399. The fourth-order valence-corrected chi connectivity index (χ4v) is 1.66. The maximum absolute atomic E-state index is 12.0. The van der Waals surface area contributed by atoms with Crippen molar-refractivity contribution in [2.45, 2.75) is 19.8 Å². The first-order valence-corrected chi connectivity index (χ1v) is 6.37. The van der Waals surface area contributed by atoms with Gasteiger partial charge in [-0.1, -0.05) is 12.1 Å². The molecule has 0 aromatic heterocycles. The molecule has 2 N–H and O–H groups in total. The fourth-order valence-electron chi connectivity index (χ4n) is 1.66. The Morgan fingerprint density at radius 2 is 2.00 bits per heavy atom. The van der Waals surface area contributed by atoms with Crippen LogP contribution in [0.1, 0.15) is 30.1 Å². The van der Waals surface area contributed by atoms with Gasteiger partial charge in [-0.2, -0.15) is 0 Å². The third kappa shape index (κ3) is 4.99. The minimum absolute atomic E-state index is 0.138. The molecule has 104 valence electrons. The summed E-state index contributed by atoms with van der Waals surface area (Å²) in [7, 11) is 1.35. The Bertz CT molecular complexity index is 432. The number of hydrogen-bond donors (Lipinski definition) is 2. The van der Waals surface area contributed by atoms with Crippen molar-refractivity contribution >= 4 is 17.6 Å². The summed E-state index contributed by atoms with van der Waals surface area (Å²) in [5, 5.41) is 5.93. The van der Waals surface area contributed by atoms with Crippen LogP contribution in [0.15, 0.2) is 24.3 Å². The summed E-state index contributed by atoms with van der Waals surface area (Å²) < 4.78 is 4.53. The number of esters is 1. The first-order valence-electron chi connectivity index (χ1n) is 6.37. The number of methoxy groups -OCH3 is 1. The third-order valence-corrected chi connectivity index (χ3v) is 2.61. The lowest BCUT2D eigenvalue weighted by molar-refractivity contribution is -0.140. The second kappa shape index (κ2) is 8.13. The van der Waals surface area contributed by atoms with E-state index in [0.29, 0.717) is 24.9 Å². The number of nitrogens with one attached hydrogen (secondary N) is 2. The molecule has 0 aliphatic heterocycles. The normalized spacial score (nSPS) is 9.79. The van der Waals surface area contributed by atoms with E-state index in [0.717, 1.165) is 12.2 Å². The number of carbonyl (C=O) groups is 2. The van der Waals surface area contributed by atoms with Gasteiger partial charge < -0.3 is 15.4 Å². The number of anilines is 1. The zero-order valence-corrected chi connectivity index (χ0v) is 11.4. The molecule has 0 saturated carbocycles. The predicted molar refractivity (Wildman–Crippen MR) is 74.2 cm³/mol. The zero-order valence-electron chi connectivity index (χ0n) is 11.4. The van der Waals surface area contributed by atoms with E-state index >= 15 is 0 Å².